The van der Waals surface area contributed by atoms with E-state index < -0.39 is 11.6 Å². The van der Waals surface area contributed by atoms with Crippen molar-refractivity contribution >= 4 is 17.5 Å². The third-order valence-corrected chi connectivity index (χ3v) is 5.80. The summed E-state index contributed by atoms with van der Waals surface area (Å²) >= 11 is 0. The minimum Gasteiger partial charge on any atom is -0.334 e. The second kappa shape index (κ2) is 10.2. The summed E-state index contributed by atoms with van der Waals surface area (Å²) in [5.41, 5.74) is 1.81. The molecule has 0 saturated carbocycles. The fraction of sp³-hybridized carbons (Fsp3) is 0.522. The van der Waals surface area contributed by atoms with E-state index in [4.69, 9.17) is 0 Å². The SMILES string of the molecule is CCC(=O)N1CCCN(C)CCCN(C(=O)c2cn(C)nc2C)Cc2cc(F)c(F)cc21. The van der Waals surface area contributed by atoms with Crippen LogP contribution in [0.15, 0.2) is 18.3 Å². The van der Waals surface area contributed by atoms with E-state index in [1.807, 2.05) is 7.05 Å². The second-order valence-corrected chi connectivity index (χ2v) is 8.33. The van der Waals surface area contributed by atoms with Gasteiger partial charge in [0.1, 0.15) is 0 Å². The minimum atomic E-state index is -1.01. The number of hydrogen-bond donors (Lipinski definition) is 0. The lowest BCUT2D eigenvalue weighted by Crippen LogP contribution is -2.38. The maximum atomic E-state index is 14.2. The van der Waals surface area contributed by atoms with Crippen molar-refractivity contribution in [2.75, 3.05) is 38.1 Å². The molecular formula is C23H31F2N5O2. The van der Waals surface area contributed by atoms with Crippen molar-refractivity contribution in [1.29, 1.82) is 0 Å². The summed E-state index contributed by atoms with van der Waals surface area (Å²) in [4.78, 5) is 31.4. The van der Waals surface area contributed by atoms with E-state index in [-0.39, 0.29) is 24.8 Å². The molecule has 1 aliphatic heterocycles. The monoisotopic (exact) mass is 447 g/mol. The summed E-state index contributed by atoms with van der Waals surface area (Å²) in [6.45, 7) is 5.94. The molecule has 2 aromatic rings. The molecule has 1 aromatic carbocycles. The van der Waals surface area contributed by atoms with Gasteiger partial charge in [-0.15, -0.1) is 0 Å². The van der Waals surface area contributed by atoms with E-state index in [0.717, 1.165) is 31.6 Å². The fourth-order valence-corrected chi connectivity index (χ4v) is 4.11. The van der Waals surface area contributed by atoms with Gasteiger partial charge in [-0.05, 0) is 51.5 Å². The van der Waals surface area contributed by atoms with Gasteiger partial charge in [0.25, 0.3) is 5.91 Å². The highest BCUT2D eigenvalue weighted by Gasteiger charge is 2.26. The van der Waals surface area contributed by atoms with E-state index in [9.17, 15) is 18.4 Å². The molecule has 0 bridgehead atoms. The first-order chi connectivity index (χ1) is 15.2. The number of carbonyl (C=O) groups excluding carboxylic acids is 2. The number of rotatable bonds is 2. The highest BCUT2D eigenvalue weighted by molar-refractivity contribution is 5.96. The van der Waals surface area contributed by atoms with E-state index in [2.05, 4.69) is 10.00 Å². The normalized spacial score (nSPS) is 16.3. The van der Waals surface area contributed by atoms with Gasteiger partial charge in [0.15, 0.2) is 11.6 Å². The third kappa shape index (κ3) is 5.32. The molecule has 3 rings (SSSR count). The van der Waals surface area contributed by atoms with Crippen molar-refractivity contribution in [1.82, 2.24) is 19.6 Å². The number of nitrogens with zero attached hydrogens (tertiary/aromatic N) is 5. The van der Waals surface area contributed by atoms with E-state index in [1.165, 1.54) is 4.90 Å². The number of benzene rings is 1. The molecule has 0 fully saturated rings. The fourth-order valence-electron chi connectivity index (χ4n) is 4.11. The van der Waals surface area contributed by atoms with Crippen LogP contribution in [0.1, 0.15) is 47.8 Å². The number of halogens is 2. The number of carbonyl (C=O) groups is 2. The maximum absolute atomic E-state index is 14.2. The van der Waals surface area contributed by atoms with Crippen molar-refractivity contribution in [2.45, 2.75) is 39.7 Å². The molecule has 7 nitrogen and oxygen atoms in total. The van der Waals surface area contributed by atoms with Crippen LogP contribution in [-0.4, -0.2) is 64.6 Å². The lowest BCUT2D eigenvalue weighted by molar-refractivity contribution is -0.118. The van der Waals surface area contributed by atoms with Crippen molar-refractivity contribution < 1.29 is 18.4 Å². The average molecular weight is 448 g/mol. The van der Waals surface area contributed by atoms with Gasteiger partial charge in [-0.3, -0.25) is 14.3 Å². The molecule has 0 radical (unpaired) electrons. The molecule has 32 heavy (non-hydrogen) atoms. The largest absolute Gasteiger partial charge is 0.334 e. The average Bonchev–Trinajstić information content (AvgIpc) is 3.09. The highest BCUT2D eigenvalue weighted by atomic mass is 19.2. The predicted molar refractivity (Wildman–Crippen MR) is 118 cm³/mol. The predicted octanol–water partition coefficient (Wildman–Crippen LogP) is 3.12. The molecule has 174 valence electrons. The topological polar surface area (TPSA) is 61.7 Å². The summed E-state index contributed by atoms with van der Waals surface area (Å²) in [5.74, 6) is -2.40. The Bertz CT molecular complexity index is 991. The summed E-state index contributed by atoms with van der Waals surface area (Å²) in [6, 6.07) is 2.18. The number of fused-ring (bicyclic) bond motifs is 1. The molecular weight excluding hydrogens is 416 g/mol. The summed E-state index contributed by atoms with van der Waals surface area (Å²) in [5, 5.41) is 4.26. The van der Waals surface area contributed by atoms with Gasteiger partial charge in [0, 0.05) is 45.4 Å². The first kappa shape index (κ1) is 23.8. The lowest BCUT2D eigenvalue weighted by atomic mass is 10.1. The van der Waals surface area contributed by atoms with Crippen LogP contribution in [0.2, 0.25) is 0 Å². The van der Waals surface area contributed by atoms with Crippen LogP contribution in [0.5, 0.6) is 0 Å². The Kier molecular flexibility index (Phi) is 7.60. The minimum absolute atomic E-state index is 0.0664. The Balaban J connectivity index is 2.06. The summed E-state index contributed by atoms with van der Waals surface area (Å²) < 4.78 is 30.1. The van der Waals surface area contributed by atoms with Gasteiger partial charge < -0.3 is 14.7 Å². The first-order valence-electron chi connectivity index (χ1n) is 11.0. The van der Waals surface area contributed by atoms with Crippen LogP contribution < -0.4 is 4.90 Å². The summed E-state index contributed by atoms with van der Waals surface area (Å²) in [6.07, 6.45) is 3.35. The lowest BCUT2D eigenvalue weighted by Gasteiger charge is -2.31. The zero-order valence-electron chi connectivity index (χ0n) is 19.2. The van der Waals surface area contributed by atoms with Crippen molar-refractivity contribution in [2.24, 2.45) is 7.05 Å². The molecule has 1 aromatic heterocycles. The van der Waals surface area contributed by atoms with Crippen LogP contribution >= 0.6 is 0 Å². The maximum Gasteiger partial charge on any atom is 0.257 e. The van der Waals surface area contributed by atoms with Crippen LogP contribution in [0.4, 0.5) is 14.5 Å². The zero-order valence-corrected chi connectivity index (χ0v) is 19.2. The standard InChI is InChI=1S/C23H31F2N5O2/c1-5-22(31)30-11-7-9-27(3)8-6-10-29(23(32)18-15-28(4)26-16(18)2)14-17-12-19(24)20(25)13-21(17)30/h12-13,15H,5-11,14H2,1-4H3. The van der Waals surface area contributed by atoms with Crippen LogP contribution in [0.3, 0.4) is 0 Å². The third-order valence-electron chi connectivity index (χ3n) is 5.80. The molecule has 0 spiro atoms. The second-order valence-electron chi connectivity index (χ2n) is 8.33. The quantitative estimate of drug-likeness (QED) is 0.710. The molecule has 0 N–H and O–H groups in total. The van der Waals surface area contributed by atoms with Crippen LogP contribution in [-0.2, 0) is 18.4 Å². The molecule has 1 aliphatic rings. The van der Waals surface area contributed by atoms with Gasteiger partial charge in [0.05, 0.1) is 16.9 Å². The Hall–Kier alpha value is -2.81. The molecule has 2 amide bonds. The molecule has 0 atom stereocenters. The Labute approximate surface area is 187 Å². The Morgan fingerprint density at radius 1 is 1.03 bits per heavy atom. The number of amides is 2. The Morgan fingerprint density at radius 3 is 2.31 bits per heavy atom. The number of aryl methyl sites for hydroxylation is 2. The van der Waals surface area contributed by atoms with Gasteiger partial charge in [0.2, 0.25) is 5.91 Å². The summed E-state index contributed by atoms with van der Waals surface area (Å²) in [7, 11) is 3.74. The van der Waals surface area contributed by atoms with Crippen LogP contribution in [0, 0.1) is 18.6 Å². The number of hydrogen-bond acceptors (Lipinski definition) is 4. The molecule has 9 heteroatoms. The van der Waals surface area contributed by atoms with Crippen LogP contribution in [0.25, 0.3) is 0 Å². The highest BCUT2D eigenvalue weighted by Crippen LogP contribution is 2.28. The molecule has 2 heterocycles. The zero-order chi connectivity index (χ0) is 23.4. The van der Waals surface area contributed by atoms with Gasteiger partial charge >= 0.3 is 0 Å². The molecule has 0 aliphatic carbocycles. The number of anilines is 1. The van der Waals surface area contributed by atoms with Crippen molar-refractivity contribution in [3.8, 4) is 0 Å². The van der Waals surface area contributed by atoms with E-state index in [1.54, 1.807) is 36.7 Å². The number of aromatic nitrogens is 2. The van der Waals surface area contributed by atoms with E-state index in [0.29, 0.717) is 42.0 Å². The smallest absolute Gasteiger partial charge is 0.257 e. The molecule has 0 saturated heterocycles. The Morgan fingerprint density at radius 2 is 1.69 bits per heavy atom. The van der Waals surface area contributed by atoms with Crippen molar-refractivity contribution in [3.63, 3.8) is 0 Å². The van der Waals surface area contributed by atoms with Crippen molar-refractivity contribution in [3.05, 3.63) is 46.8 Å². The van der Waals surface area contributed by atoms with E-state index >= 15 is 0 Å². The van der Waals surface area contributed by atoms with Gasteiger partial charge in [-0.2, -0.15) is 5.10 Å². The van der Waals surface area contributed by atoms with Gasteiger partial charge in [-0.1, -0.05) is 6.92 Å². The van der Waals surface area contributed by atoms with Gasteiger partial charge in [-0.25, -0.2) is 8.78 Å². The first-order valence-corrected chi connectivity index (χ1v) is 11.0. The molecule has 0 unspecified atom stereocenters.